The standard InChI is InChI=1S/C29H33Cl2N3O4S/c1-4-18-32-29(36)26(5-2)33(19-22-10-6-7-11-24(22)30)28(35)20-34(27-13-9-8-12-25(27)31)39(37,38)23-16-14-21(3)15-17-23/h6-17,26H,4-5,18-20H2,1-3H3,(H,32,36). The third-order valence-electron chi connectivity index (χ3n) is 6.24. The molecule has 0 bridgehead atoms. The van der Waals surface area contributed by atoms with E-state index in [4.69, 9.17) is 23.2 Å². The minimum Gasteiger partial charge on any atom is -0.354 e. The highest BCUT2D eigenvalue weighted by Gasteiger charge is 2.34. The summed E-state index contributed by atoms with van der Waals surface area (Å²) in [6, 6.07) is 19.0. The molecule has 0 aliphatic carbocycles. The molecular formula is C29H33Cl2N3O4S. The van der Waals surface area contributed by atoms with Crippen molar-refractivity contribution in [1.29, 1.82) is 0 Å². The Labute approximate surface area is 240 Å². The molecule has 0 aliphatic rings. The van der Waals surface area contributed by atoms with Crippen molar-refractivity contribution in [3.8, 4) is 0 Å². The molecule has 0 spiro atoms. The van der Waals surface area contributed by atoms with Gasteiger partial charge in [-0.2, -0.15) is 0 Å². The van der Waals surface area contributed by atoms with Crippen molar-refractivity contribution in [3.63, 3.8) is 0 Å². The number of amides is 2. The molecule has 0 aromatic heterocycles. The summed E-state index contributed by atoms with van der Waals surface area (Å²) >= 11 is 12.8. The number of carbonyl (C=O) groups is 2. The maximum absolute atomic E-state index is 14.0. The molecule has 3 rings (SSSR count). The molecule has 7 nitrogen and oxygen atoms in total. The van der Waals surface area contributed by atoms with Gasteiger partial charge in [-0.05, 0) is 55.7 Å². The van der Waals surface area contributed by atoms with Crippen LogP contribution in [-0.2, 0) is 26.2 Å². The van der Waals surface area contributed by atoms with E-state index < -0.39 is 28.5 Å². The van der Waals surface area contributed by atoms with E-state index in [2.05, 4.69) is 5.32 Å². The van der Waals surface area contributed by atoms with Gasteiger partial charge in [0.05, 0.1) is 15.6 Å². The molecule has 10 heteroatoms. The molecule has 0 saturated heterocycles. The van der Waals surface area contributed by atoms with Crippen LogP contribution in [0, 0.1) is 6.92 Å². The molecule has 3 aromatic carbocycles. The van der Waals surface area contributed by atoms with Crippen molar-refractivity contribution >= 4 is 50.7 Å². The molecule has 0 saturated carbocycles. The average Bonchev–Trinajstić information content (AvgIpc) is 2.92. The number of sulfonamides is 1. The lowest BCUT2D eigenvalue weighted by Crippen LogP contribution is -2.52. The molecule has 0 radical (unpaired) electrons. The zero-order chi connectivity index (χ0) is 28.6. The average molecular weight is 591 g/mol. The summed E-state index contributed by atoms with van der Waals surface area (Å²) in [4.78, 5) is 28.6. The van der Waals surface area contributed by atoms with Crippen molar-refractivity contribution in [2.45, 2.75) is 51.1 Å². The quantitative estimate of drug-likeness (QED) is 0.288. The maximum Gasteiger partial charge on any atom is 0.264 e. The highest BCUT2D eigenvalue weighted by Crippen LogP contribution is 2.31. The summed E-state index contributed by atoms with van der Waals surface area (Å²) in [6.07, 6.45) is 1.05. The maximum atomic E-state index is 14.0. The SMILES string of the molecule is CCCNC(=O)C(CC)N(Cc1ccccc1Cl)C(=O)CN(c1ccccc1Cl)S(=O)(=O)c1ccc(C)cc1. The fourth-order valence-corrected chi connectivity index (χ4v) is 6.02. The summed E-state index contributed by atoms with van der Waals surface area (Å²) in [6.45, 7) is 5.51. The van der Waals surface area contributed by atoms with E-state index in [0.717, 1.165) is 16.3 Å². The zero-order valence-electron chi connectivity index (χ0n) is 22.2. The topological polar surface area (TPSA) is 86.8 Å². The second kappa shape index (κ2) is 13.8. The van der Waals surface area contributed by atoms with E-state index >= 15 is 0 Å². The number of nitrogens with one attached hydrogen (secondary N) is 1. The molecule has 2 amide bonds. The zero-order valence-corrected chi connectivity index (χ0v) is 24.6. The highest BCUT2D eigenvalue weighted by atomic mass is 35.5. The Bertz CT molecular complexity index is 1400. The van der Waals surface area contributed by atoms with E-state index in [1.54, 1.807) is 67.6 Å². The van der Waals surface area contributed by atoms with E-state index in [9.17, 15) is 18.0 Å². The van der Waals surface area contributed by atoms with Crippen LogP contribution in [-0.4, -0.2) is 44.3 Å². The fourth-order valence-electron chi connectivity index (χ4n) is 4.10. The van der Waals surface area contributed by atoms with Gasteiger partial charge in [-0.15, -0.1) is 0 Å². The number of rotatable bonds is 12. The summed E-state index contributed by atoms with van der Waals surface area (Å²) in [7, 11) is -4.20. The van der Waals surface area contributed by atoms with Gasteiger partial charge >= 0.3 is 0 Å². The van der Waals surface area contributed by atoms with E-state index in [1.807, 2.05) is 13.8 Å². The summed E-state index contributed by atoms with van der Waals surface area (Å²) < 4.78 is 28.8. The molecule has 1 unspecified atom stereocenters. The lowest BCUT2D eigenvalue weighted by atomic mass is 10.1. The number of benzene rings is 3. The van der Waals surface area contributed by atoms with Crippen molar-refractivity contribution in [2.24, 2.45) is 0 Å². The predicted molar refractivity (Wildman–Crippen MR) is 157 cm³/mol. The van der Waals surface area contributed by atoms with Crippen LogP contribution in [0.3, 0.4) is 0 Å². The van der Waals surface area contributed by atoms with Gasteiger partial charge in [0.25, 0.3) is 10.0 Å². The smallest absolute Gasteiger partial charge is 0.264 e. The van der Waals surface area contributed by atoms with Crippen molar-refractivity contribution < 1.29 is 18.0 Å². The number of aryl methyl sites for hydroxylation is 1. The molecule has 208 valence electrons. The molecule has 1 N–H and O–H groups in total. The van der Waals surface area contributed by atoms with Crippen molar-refractivity contribution in [1.82, 2.24) is 10.2 Å². The number of hydrogen-bond acceptors (Lipinski definition) is 4. The minimum absolute atomic E-state index is 0.0196. The van der Waals surface area contributed by atoms with E-state index in [-0.39, 0.29) is 28.1 Å². The van der Waals surface area contributed by atoms with Crippen LogP contribution >= 0.6 is 23.2 Å². The minimum atomic E-state index is -4.20. The summed E-state index contributed by atoms with van der Waals surface area (Å²) in [5.41, 5.74) is 1.69. The second-order valence-corrected chi connectivity index (χ2v) is 11.8. The van der Waals surface area contributed by atoms with Gasteiger partial charge in [0.1, 0.15) is 12.6 Å². The first-order valence-electron chi connectivity index (χ1n) is 12.7. The molecule has 0 aliphatic heterocycles. The van der Waals surface area contributed by atoms with Gasteiger partial charge in [-0.3, -0.25) is 13.9 Å². The van der Waals surface area contributed by atoms with E-state index in [1.165, 1.54) is 17.0 Å². The Balaban J connectivity index is 2.07. The first-order chi connectivity index (χ1) is 18.6. The lowest BCUT2D eigenvalue weighted by Gasteiger charge is -2.33. The van der Waals surface area contributed by atoms with Gasteiger partial charge in [0, 0.05) is 18.1 Å². The largest absolute Gasteiger partial charge is 0.354 e. The molecule has 0 fully saturated rings. The van der Waals surface area contributed by atoms with Crippen LogP contribution in [0.1, 0.15) is 37.8 Å². The van der Waals surface area contributed by atoms with E-state index in [0.29, 0.717) is 23.6 Å². The molecule has 3 aromatic rings. The van der Waals surface area contributed by atoms with Crippen LogP contribution in [0.15, 0.2) is 77.7 Å². The van der Waals surface area contributed by atoms with Gasteiger partial charge in [0.2, 0.25) is 11.8 Å². The third kappa shape index (κ3) is 7.53. The van der Waals surface area contributed by atoms with Crippen LogP contribution < -0.4 is 9.62 Å². The lowest BCUT2D eigenvalue weighted by molar-refractivity contribution is -0.140. The number of anilines is 1. The summed E-state index contributed by atoms with van der Waals surface area (Å²) in [5, 5.41) is 3.47. The Morgan fingerprint density at radius 2 is 1.51 bits per heavy atom. The number of nitrogens with zero attached hydrogens (tertiary/aromatic N) is 2. The van der Waals surface area contributed by atoms with Crippen molar-refractivity contribution in [3.05, 3.63) is 94.0 Å². The Hall–Kier alpha value is -3.07. The number of carbonyl (C=O) groups excluding carboxylic acids is 2. The second-order valence-electron chi connectivity index (χ2n) is 9.10. The monoisotopic (exact) mass is 589 g/mol. The third-order valence-corrected chi connectivity index (χ3v) is 8.70. The normalized spacial score (nSPS) is 12.0. The summed E-state index contributed by atoms with van der Waals surface area (Å²) in [5.74, 6) is -0.880. The van der Waals surface area contributed by atoms with Crippen LogP contribution in [0.4, 0.5) is 5.69 Å². The molecule has 1 atom stereocenters. The van der Waals surface area contributed by atoms with Crippen LogP contribution in [0.25, 0.3) is 0 Å². The Morgan fingerprint density at radius 1 is 0.897 bits per heavy atom. The molecule has 39 heavy (non-hydrogen) atoms. The van der Waals surface area contributed by atoms with Crippen molar-refractivity contribution in [2.75, 3.05) is 17.4 Å². The first kappa shape index (κ1) is 30.5. The van der Waals surface area contributed by atoms with Gasteiger partial charge < -0.3 is 10.2 Å². The predicted octanol–water partition coefficient (Wildman–Crippen LogP) is 5.83. The first-order valence-corrected chi connectivity index (χ1v) is 14.9. The Kier molecular flexibility index (Phi) is 10.8. The van der Waals surface area contributed by atoms with Gasteiger partial charge in [-0.25, -0.2) is 8.42 Å². The molecule has 0 heterocycles. The van der Waals surface area contributed by atoms with Crippen LogP contribution in [0.5, 0.6) is 0 Å². The fraction of sp³-hybridized carbons (Fsp3) is 0.310. The highest BCUT2D eigenvalue weighted by molar-refractivity contribution is 7.92. The number of para-hydroxylation sites is 1. The van der Waals surface area contributed by atoms with Gasteiger partial charge in [-0.1, -0.05) is 85.1 Å². The Morgan fingerprint density at radius 3 is 2.10 bits per heavy atom. The molecular weight excluding hydrogens is 557 g/mol. The number of hydrogen-bond donors (Lipinski definition) is 1. The van der Waals surface area contributed by atoms with Crippen LogP contribution in [0.2, 0.25) is 10.0 Å². The van der Waals surface area contributed by atoms with Gasteiger partial charge in [0.15, 0.2) is 0 Å². The number of halogens is 2.